The molecular weight excluding hydrogens is 182 g/mol. The number of hydrogen-bond donors (Lipinski definition) is 0. The fraction of sp³-hybridized carbons (Fsp3) is 0.778. The van der Waals surface area contributed by atoms with Crippen LogP contribution in [0.4, 0.5) is 0 Å². The van der Waals surface area contributed by atoms with Gasteiger partial charge in [0, 0.05) is 10.7 Å². The van der Waals surface area contributed by atoms with Crippen LogP contribution < -0.4 is 0 Å². The van der Waals surface area contributed by atoms with Gasteiger partial charge in [0.05, 0.1) is 0 Å². The molecule has 0 rings (SSSR count). The summed E-state index contributed by atoms with van der Waals surface area (Å²) in [6.45, 7) is 4.35. The maximum atomic E-state index is 8.02. The Morgan fingerprint density at radius 3 is 3.00 bits per heavy atom. The Bertz CT molecular complexity index is 185. The second kappa shape index (κ2) is 9.49. The van der Waals surface area contributed by atoms with Crippen LogP contribution in [-0.2, 0) is 0 Å². The second-order valence-electron chi connectivity index (χ2n) is 2.96. The van der Waals surface area contributed by atoms with E-state index in [1.807, 2.05) is 0 Å². The molecule has 0 aromatic rings. The average Bonchev–Trinajstić information content (AvgIpc) is 2.14. The summed E-state index contributed by atoms with van der Waals surface area (Å²) in [6.07, 6.45) is 7.84. The Labute approximate surface area is 84.4 Å². The van der Waals surface area contributed by atoms with Crippen molar-refractivity contribution in [3.05, 3.63) is 22.6 Å². The van der Waals surface area contributed by atoms with Crippen molar-refractivity contribution < 1.29 is 0 Å². The lowest BCUT2D eigenvalue weighted by Gasteiger charge is -2.03. The first-order valence-corrected chi connectivity index (χ1v) is 5.58. The topological polar surface area (TPSA) is 48.8 Å². The van der Waals surface area contributed by atoms with Gasteiger partial charge >= 0.3 is 0 Å². The highest BCUT2D eigenvalue weighted by atomic mass is 32.2. The fourth-order valence-corrected chi connectivity index (χ4v) is 1.43. The minimum absolute atomic E-state index is 0.645. The van der Waals surface area contributed by atoms with Crippen molar-refractivity contribution in [3.8, 4) is 0 Å². The van der Waals surface area contributed by atoms with E-state index in [9.17, 15) is 0 Å². The molecule has 0 saturated heterocycles. The van der Waals surface area contributed by atoms with E-state index in [0.29, 0.717) is 5.92 Å². The van der Waals surface area contributed by atoms with Gasteiger partial charge in [-0.05, 0) is 35.2 Å². The maximum Gasteiger partial charge on any atom is 0.0108 e. The number of rotatable bonds is 7. The fourth-order valence-electron chi connectivity index (χ4n) is 1.00. The number of allylic oxidation sites excluding steroid dienone is 2. The Morgan fingerprint density at radius 2 is 2.38 bits per heavy atom. The van der Waals surface area contributed by atoms with Crippen LogP contribution in [-0.4, -0.2) is 5.75 Å². The van der Waals surface area contributed by atoms with Crippen LogP contribution in [0, 0.1) is 5.92 Å². The molecule has 0 aliphatic rings. The lowest BCUT2D eigenvalue weighted by atomic mass is 10.1. The van der Waals surface area contributed by atoms with Crippen molar-refractivity contribution >= 4 is 11.9 Å². The van der Waals surface area contributed by atoms with Crippen LogP contribution in [0.15, 0.2) is 16.7 Å². The normalized spacial score (nSPS) is 12.8. The van der Waals surface area contributed by atoms with Crippen molar-refractivity contribution in [1.29, 1.82) is 0 Å². The Morgan fingerprint density at radius 1 is 1.62 bits per heavy atom. The lowest BCUT2D eigenvalue weighted by Crippen LogP contribution is -1.90. The van der Waals surface area contributed by atoms with E-state index in [1.165, 1.54) is 18.4 Å². The zero-order valence-electron chi connectivity index (χ0n) is 8.31. The first-order chi connectivity index (χ1) is 6.31. The van der Waals surface area contributed by atoms with Gasteiger partial charge in [-0.15, -0.1) is 0 Å². The third-order valence-electron chi connectivity index (χ3n) is 1.69. The molecule has 0 bridgehead atoms. The third kappa shape index (κ3) is 9.31. The van der Waals surface area contributed by atoms with E-state index in [4.69, 9.17) is 5.53 Å². The molecule has 13 heavy (non-hydrogen) atoms. The van der Waals surface area contributed by atoms with Crippen LogP contribution in [0.1, 0.15) is 33.1 Å². The van der Waals surface area contributed by atoms with Crippen molar-refractivity contribution in [2.24, 2.45) is 10.4 Å². The minimum Gasteiger partial charge on any atom is -0.0885 e. The molecule has 0 radical (unpaired) electrons. The number of nitrogens with zero attached hydrogens (tertiary/aromatic N) is 3. The summed E-state index contributed by atoms with van der Waals surface area (Å²) in [7, 11) is 0. The van der Waals surface area contributed by atoms with Gasteiger partial charge in [0.2, 0.25) is 0 Å². The van der Waals surface area contributed by atoms with Crippen LogP contribution in [0.25, 0.3) is 10.4 Å². The molecule has 0 aromatic heterocycles. The van der Waals surface area contributed by atoms with Gasteiger partial charge in [0.15, 0.2) is 0 Å². The van der Waals surface area contributed by atoms with Crippen molar-refractivity contribution in [2.45, 2.75) is 33.1 Å². The molecular formula is C9H17N3S. The van der Waals surface area contributed by atoms with E-state index >= 15 is 0 Å². The largest absolute Gasteiger partial charge is 0.0885 e. The van der Waals surface area contributed by atoms with Gasteiger partial charge in [0.25, 0.3) is 0 Å². The van der Waals surface area contributed by atoms with Gasteiger partial charge in [-0.25, -0.2) is 0 Å². The molecule has 0 fully saturated rings. The Kier molecular flexibility index (Phi) is 9.05. The van der Waals surface area contributed by atoms with Gasteiger partial charge in [-0.2, -0.15) is 0 Å². The summed E-state index contributed by atoms with van der Waals surface area (Å²) < 4.78 is 3.41. The summed E-state index contributed by atoms with van der Waals surface area (Å²) >= 11 is 1.30. The van der Waals surface area contributed by atoms with Crippen LogP contribution in [0.2, 0.25) is 0 Å². The molecule has 0 aromatic carbocycles. The Balaban J connectivity index is 3.31. The van der Waals surface area contributed by atoms with Crippen molar-refractivity contribution in [3.63, 3.8) is 0 Å². The molecule has 0 spiro atoms. The standard InChI is InChI=1S/C9H17N3S/c1-3-4-6-9(2)7-5-8-13-12-11-10/h4,6,9H,3,5,7-8H2,1-2H3/b6-4+. The highest BCUT2D eigenvalue weighted by Gasteiger charge is 1.95. The van der Waals surface area contributed by atoms with E-state index in [-0.39, 0.29) is 0 Å². The number of azide groups is 1. The molecule has 1 atom stereocenters. The zero-order valence-corrected chi connectivity index (χ0v) is 9.13. The summed E-state index contributed by atoms with van der Waals surface area (Å²) in [5, 5.41) is 0. The lowest BCUT2D eigenvalue weighted by molar-refractivity contribution is 0.636. The van der Waals surface area contributed by atoms with Gasteiger partial charge in [-0.3, -0.25) is 0 Å². The van der Waals surface area contributed by atoms with Crippen LogP contribution in [0.5, 0.6) is 0 Å². The van der Waals surface area contributed by atoms with Crippen LogP contribution in [0.3, 0.4) is 0 Å². The van der Waals surface area contributed by atoms with Gasteiger partial charge in [0.1, 0.15) is 0 Å². The predicted molar refractivity (Wildman–Crippen MR) is 59.4 cm³/mol. The second-order valence-corrected chi connectivity index (χ2v) is 3.79. The van der Waals surface area contributed by atoms with E-state index in [0.717, 1.165) is 18.6 Å². The molecule has 1 unspecified atom stereocenters. The summed E-state index contributed by atoms with van der Waals surface area (Å²) in [5.74, 6) is 1.57. The molecule has 0 saturated carbocycles. The summed E-state index contributed by atoms with van der Waals surface area (Å²) in [4.78, 5) is 2.68. The molecule has 74 valence electrons. The summed E-state index contributed by atoms with van der Waals surface area (Å²) in [5.41, 5.74) is 8.02. The molecule has 4 heteroatoms. The molecule has 0 heterocycles. The van der Waals surface area contributed by atoms with E-state index in [1.54, 1.807) is 0 Å². The molecule has 0 aliphatic carbocycles. The average molecular weight is 199 g/mol. The first kappa shape index (κ1) is 12.4. The first-order valence-electron chi connectivity index (χ1n) is 4.64. The summed E-state index contributed by atoms with van der Waals surface area (Å²) in [6, 6.07) is 0. The quantitative estimate of drug-likeness (QED) is 0.150. The minimum atomic E-state index is 0.645. The van der Waals surface area contributed by atoms with Gasteiger partial charge in [-0.1, -0.05) is 37.9 Å². The van der Waals surface area contributed by atoms with Crippen molar-refractivity contribution in [1.82, 2.24) is 0 Å². The number of hydrogen-bond acceptors (Lipinski definition) is 2. The molecule has 0 aliphatic heterocycles. The van der Waals surface area contributed by atoms with Crippen LogP contribution >= 0.6 is 11.9 Å². The highest BCUT2D eigenvalue weighted by Crippen LogP contribution is 2.12. The Hall–Kier alpha value is -0.600. The zero-order chi connectivity index (χ0) is 9.94. The van der Waals surface area contributed by atoms with E-state index < -0.39 is 0 Å². The SMILES string of the molecule is CC/C=C/C(C)CCCSN=[N+]=[N-]. The third-order valence-corrected chi connectivity index (χ3v) is 2.35. The molecule has 0 N–H and O–H groups in total. The highest BCUT2D eigenvalue weighted by molar-refractivity contribution is 7.97. The van der Waals surface area contributed by atoms with Crippen molar-refractivity contribution in [2.75, 3.05) is 5.75 Å². The van der Waals surface area contributed by atoms with E-state index in [2.05, 4.69) is 35.4 Å². The smallest absolute Gasteiger partial charge is 0.0108 e. The van der Waals surface area contributed by atoms with Gasteiger partial charge < -0.3 is 0 Å². The monoisotopic (exact) mass is 199 g/mol. The maximum absolute atomic E-state index is 8.02. The molecule has 3 nitrogen and oxygen atoms in total. The molecule has 0 amide bonds. The predicted octanol–water partition coefficient (Wildman–Crippen LogP) is 4.33.